The minimum absolute atomic E-state index is 0.0690. The Balaban J connectivity index is 2.03. The summed E-state index contributed by atoms with van der Waals surface area (Å²) in [4.78, 5) is 11.1. The van der Waals surface area contributed by atoms with Crippen LogP contribution in [0.25, 0.3) is 11.1 Å². The largest absolute Gasteiger partial charge is 0.481 e. The van der Waals surface area contributed by atoms with E-state index in [1.165, 1.54) is 18.2 Å². The first kappa shape index (κ1) is 18.2. The van der Waals surface area contributed by atoms with Crippen molar-refractivity contribution in [2.24, 2.45) is 0 Å². The molecule has 0 radical (unpaired) electrons. The zero-order valence-electron chi connectivity index (χ0n) is 13.6. The topological polar surface area (TPSA) is 71.4 Å². The summed E-state index contributed by atoms with van der Waals surface area (Å²) in [7, 11) is -3.76. The van der Waals surface area contributed by atoms with E-state index in [2.05, 4.69) is 0 Å². The Morgan fingerprint density at radius 3 is 2.08 bits per heavy atom. The molecule has 0 aliphatic heterocycles. The Labute approximate surface area is 156 Å². The van der Waals surface area contributed by atoms with Crippen LogP contribution in [0.3, 0.4) is 0 Å². The van der Waals surface area contributed by atoms with Gasteiger partial charge in [-0.25, -0.2) is 8.42 Å². The quantitative estimate of drug-likeness (QED) is 0.702. The number of sulfone groups is 1. The van der Waals surface area contributed by atoms with Gasteiger partial charge in [-0.3, -0.25) is 4.79 Å². The first-order valence-electron chi connectivity index (χ1n) is 7.78. The van der Waals surface area contributed by atoms with Crippen LogP contribution in [0, 0.1) is 0 Å². The van der Waals surface area contributed by atoms with Crippen LogP contribution < -0.4 is 0 Å². The van der Waals surface area contributed by atoms with E-state index in [1.54, 1.807) is 42.5 Å². The second-order valence-corrected chi connectivity index (χ2v) is 8.15. The van der Waals surface area contributed by atoms with E-state index in [1.807, 2.05) is 12.1 Å². The molecule has 1 N–H and O–H groups in total. The standard InChI is InChI=1S/C20H15ClO4S/c21-17-7-2-5-15(12-17)16-6-3-9-19(13-16)26(24,25)18-8-1-4-14(10-18)11-20(22)23/h1-10,12-13H,11H2,(H,22,23). The number of rotatable bonds is 5. The number of halogens is 1. The average Bonchev–Trinajstić information content (AvgIpc) is 2.61. The molecular weight excluding hydrogens is 372 g/mol. The van der Waals surface area contributed by atoms with Gasteiger partial charge in [-0.05, 0) is 53.1 Å². The van der Waals surface area contributed by atoms with E-state index in [4.69, 9.17) is 16.7 Å². The predicted molar refractivity (Wildman–Crippen MR) is 100 cm³/mol. The highest BCUT2D eigenvalue weighted by Gasteiger charge is 2.19. The lowest BCUT2D eigenvalue weighted by Crippen LogP contribution is -2.05. The van der Waals surface area contributed by atoms with Crippen molar-refractivity contribution in [1.82, 2.24) is 0 Å². The van der Waals surface area contributed by atoms with Gasteiger partial charge in [0.2, 0.25) is 9.84 Å². The van der Waals surface area contributed by atoms with Gasteiger partial charge in [-0.1, -0.05) is 48.0 Å². The molecule has 0 atom stereocenters. The molecule has 0 saturated heterocycles. The van der Waals surface area contributed by atoms with Gasteiger partial charge < -0.3 is 5.11 Å². The van der Waals surface area contributed by atoms with E-state index in [9.17, 15) is 13.2 Å². The number of benzene rings is 3. The highest BCUT2D eigenvalue weighted by Crippen LogP contribution is 2.28. The molecule has 0 heterocycles. The molecule has 0 saturated carbocycles. The van der Waals surface area contributed by atoms with E-state index in [-0.39, 0.29) is 16.2 Å². The van der Waals surface area contributed by atoms with E-state index < -0.39 is 15.8 Å². The van der Waals surface area contributed by atoms with Crippen molar-refractivity contribution >= 4 is 27.4 Å². The van der Waals surface area contributed by atoms with Gasteiger partial charge in [0.25, 0.3) is 0 Å². The molecule has 0 fully saturated rings. The first-order chi connectivity index (χ1) is 12.4. The van der Waals surface area contributed by atoms with E-state index in [0.29, 0.717) is 10.6 Å². The summed E-state index contributed by atoms with van der Waals surface area (Å²) in [5.41, 5.74) is 1.98. The van der Waals surface area contributed by atoms with Crippen molar-refractivity contribution < 1.29 is 18.3 Å². The smallest absolute Gasteiger partial charge is 0.307 e. The number of carbonyl (C=O) groups is 1. The van der Waals surface area contributed by atoms with Crippen LogP contribution in [-0.4, -0.2) is 19.5 Å². The minimum atomic E-state index is -3.76. The van der Waals surface area contributed by atoms with Gasteiger partial charge in [-0.15, -0.1) is 0 Å². The first-order valence-corrected chi connectivity index (χ1v) is 9.64. The maximum absolute atomic E-state index is 12.9. The highest BCUT2D eigenvalue weighted by molar-refractivity contribution is 7.91. The van der Waals surface area contributed by atoms with Crippen LogP contribution >= 0.6 is 11.6 Å². The van der Waals surface area contributed by atoms with Crippen LogP contribution in [0.4, 0.5) is 0 Å². The zero-order chi connectivity index (χ0) is 18.7. The normalized spacial score (nSPS) is 11.3. The van der Waals surface area contributed by atoms with Crippen molar-refractivity contribution in [1.29, 1.82) is 0 Å². The van der Waals surface area contributed by atoms with Crippen LogP contribution in [0.2, 0.25) is 5.02 Å². The molecule has 0 aliphatic carbocycles. The summed E-state index contributed by atoms with van der Waals surface area (Å²) in [6.45, 7) is 0. The van der Waals surface area contributed by atoms with Crippen molar-refractivity contribution in [3.8, 4) is 11.1 Å². The van der Waals surface area contributed by atoms with Crippen LogP contribution in [0.1, 0.15) is 5.56 Å². The van der Waals surface area contributed by atoms with Crippen LogP contribution in [0.5, 0.6) is 0 Å². The fourth-order valence-electron chi connectivity index (χ4n) is 2.64. The Morgan fingerprint density at radius 2 is 1.42 bits per heavy atom. The lowest BCUT2D eigenvalue weighted by atomic mass is 10.1. The maximum atomic E-state index is 12.9. The van der Waals surface area contributed by atoms with Crippen molar-refractivity contribution in [3.63, 3.8) is 0 Å². The number of hydrogen-bond acceptors (Lipinski definition) is 3. The molecule has 0 aliphatic rings. The maximum Gasteiger partial charge on any atom is 0.307 e. The molecule has 26 heavy (non-hydrogen) atoms. The molecule has 3 rings (SSSR count). The summed E-state index contributed by atoms with van der Waals surface area (Å²) < 4.78 is 25.9. The fraction of sp³-hybridized carbons (Fsp3) is 0.0500. The zero-order valence-corrected chi connectivity index (χ0v) is 15.2. The van der Waals surface area contributed by atoms with Gasteiger partial charge in [0.15, 0.2) is 0 Å². The fourth-order valence-corrected chi connectivity index (χ4v) is 4.21. The summed E-state index contributed by atoms with van der Waals surface area (Å²) in [6.07, 6.45) is -0.230. The Bertz CT molecular complexity index is 1070. The molecule has 3 aromatic rings. The number of carboxylic acid groups (broad SMARTS) is 1. The molecule has 0 spiro atoms. The molecule has 0 bridgehead atoms. The number of aliphatic carboxylic acids is 1. The van der Waals surface area contributed by atoms with Gasteiger partial charge in [0.1, 0.15) is 0 Å². The molecule has 3 aromatic carbocycles. The second-order valence-electron chi connectivity index (χ2n) is 5.76. The molecule has 4 nitrogen and oxygen atoms in total. The van der Waals surface area contributed by atoms with Gasteiger partial charge >= 0.3 is 5.97 Å². The van der Waals surface area contributed by atoms with E-state index in [0.717, 1.165) is 11.1 Å². The third kappa shape index (κ3) is 3.95. The Kier molecular flexibility index (Phi) is 5.11. The Morgan fingerprint density at radius 1 is 0.846 bits per heavy atom. The van der Waals surface area contributed by atoms with E-state index >= 15 is 0 Å². The molecular formula is C20H15ClO4S. The lowest BCUT2D eigenvalue weighted by molar-refractivity contribution is -0.136. The molecule has 132 valence electrons. The summed E-state index contributed by atoms with van der Waals surface area (Å²) in [5.74, 6) is -1.01. The van der Waals surface area contributed by atoms with Gasteiger partial charge in [-0.2, -0.15) is 0 Å². The minimum Gasteiger partial charge on any atom is -0.481 e. The van der Waals surface area contributed by atoms with Crippen molar-refractivity contribution in [3.05, 3.63) is 83.4 Å². The summed E-state index contributed by atoms with van der Waals surface area (Å²) >= 11 is 6.01. The average molecular weight is 387 g/mol. The summed E-state index contributed by atoms with van der Waals surface area (Å²) in [5, 5.41) is 9.47. The Hall–Kier alpha value is -2.63. The number of hydrogen-bond donors (Lipinski definition) is 1. The monoisotopic (exact) mass is 386 g/mol. The van der Waals surface area contributed by atoms with Crippen molar-refractivity contribution in [2.75, 3.05) is 0 Å². The predicted octanol–water partition coefficient (Wildman–Crippen LogP) is 4.47. The molecule has 0 aromatic heterocycles. The number of carboxylic acids is 1. The van der Waals surface area contributed by atoms with Crippen LogP contribution in [0.15, 0.2) is 82.6 Å². The third-order valence-electron chi connectivity index (χ3n) is 3.87. The highest BCUT2D eigenvalue weighted by atomic mass is 35.5. The van der Waals surface area contributed by atoms with Gasteiger partial charge in [0.05, 0.1) is 16.2 Å². The van der Waals surface area contributed by atoms with Crippen molar-refractivity contribution in [2.45, 2.75) is 16.2 Å². The third-order valence-corrected chi connectivity index (χ3v) is 5.85. The van der Waals surface area contributed by atoms with Gasteiger partial charge in [0, 0.05) is 5.02 Å². The summed E-state index contributed by atoms with van der Waals surface area (Å²) in [6, 6.07) is 19.8. The molecule has 0 amide bonds. The van der Waals surface area contributed by atoms with Crippen LogP contribution in [-0.2, 0) is 21.1 Å². The lowest BCUT2D eigenvalue weighted by Gasteiger charge is -2.09. The molecule has 6 heteroatoms. The molecule has 0 unspecified atom stereocenters. The second kappa shape index (κ2) is 7.32. The SMILES string of the molecule is O=C(O)Cc1cccc(S(=O)(=O)c2cccc(-c3cccc(Cl)c3)c2)c1.